The third-order valence-corrected chi connectivity index (χ3v) is 0.792. The maximum atomic E-state index is 5.32. The Bertz CT molecular complexity index is 61.5. The molecule has 0 rings (SSSR count). The van der Waals surface area contributed by atoms with Gasteiger partial charge in [0.1, 0.15) is 0 Å². The largest absolute Gasteiger partial charge is 0.377 e. The highest BCUT2D eigenvalue weighted by Gasteiger charge is 1.72. The van der Waals surface area contributed by atoms with Gasteiger partial charge in [0.2, 0.25) is 0 Å². The molecule has 1 nitrogen and oxygen atoms in total. The standard InChI is InChI=1S/C6H10ClO/c1-2-8-6-4-3-5-7/h3-4H,1-2,5-6H2. The molecule has 0 aliphatic heterocycles. The number of alkyl halides is 1. The molecule has 0 aromatic heterocycles. The van der Waals surface area contributed by atoms with Gasteiger partial charge in [0.05, 0.1) is 6.61 Å². The smallest absolute Gasteiger partial charge is 0.0647 e. The third-order valence-electron chi connectivity index (χ3n) is 0.614. The van der Waals surface area contributed by atoms with E-state index in [2.05, 4.69) is 6.92 Å². The van der Waals surface area contributed by atoms with Gasteiger partial charge >= 0.3 is 0 Å². The molecule has 8 heavy (non-hydrogen) atoms. The molecule has 0 atom stereocenters. The first-order chi connectivity index (χ1) is 3.91. The molecule has 0 aromatic carbocycles. The van der Waals surface area contributed by atoms with Gasteiger partial charge in [-0.3, -0.25) is 0 Å². The predicted octanol–water partition coefficient (Wildman–Crippen LogP) is 1.63. The summed E-state index contributed by atoms with van der Waals surface area (Å²) in [6, 6.07) is 0. The van der Waals surface area contributed by atoms with Crippen LogP contribution >= 0.6 is 11.6 Å². The van der Waals surface area contributed by atoms with Crippen LogP contribution in [0.15, 0.2) is 12.2 Å². The zero-order chi connectivity index (χ0) is 6.24. The highest BCUT2D eigenvalue weighted by Crippen LogP contribution is 1.79. The van der Waals surface area contributed by atoms with Crippen molar-refractivity contribution in [3.63, 3.8) is 0 Å². The first-order valence-electron chi connectivity index (χ1n) is 2.49. The molecule has 0 unspecified atom stereocenters. The third kappa shape index (κ3) is 5.99. The summed E-state index contributed by atoms with van der Waals surface area (Å²) in [7, 11) is 0. The highest BCUT2D eigenvalue weighted by atomic mass is 35.5. The summed E-state index contributed by atoms with van der Waals surface area (Å²) in [5, 5.41) is 0. The van der Waals surface area contributed by atoms with Gasteiger partial charge in [-0.2, -0.15) is 0 Å². The van der Waals surface area contributed by atoms with E-state index in [0.717, 1.165) is 0 Å². The predicted molar refractivity (Wildman–Crippen MR) is 36.0 cm³/mol. The van der Waals surface area contributed by atoms with Crippen molar-refractivity contribution in [1.29, 1.82) is 0 Å². The van der Waals surface area contributed by atoms with Crippen molar-refractivity contribution < 1.29 is 4.74 Å². The average molecular weight is 134 g/mol. The first-order valence-corrected chi connectivity index (χ1v) is 3.03. The molecule has 0 saturated carbocycles. The van der Waals surface area contributed by atoms with E-state index in [1.807, 2.05) is 12.2 Å². The number of allylic oxidation sites excluding steroid dienone is 1. The molecule has 2 heteroatoms. The van der Waals surface area contributed by atoms with Crippen LogP contribution in [0.5, 0.6) is 0 Å². The monoisotopic (exact) mass is 133 g/mol. The average Bonchev–Trinajstić information content (AvgIpc) is 1.81. The molecule has 0 heterocycles. The van der Waals surface area contributed by atoms with Crippen LogP contribution in [-0.2, 0) is 4.74 Å². The topological polar surface area (TPSA) is 9.23 Å². The van der Waals surface area contributed by atoms with Crippen molar-refractivity contribution in [2.24, 2.45) is 0 Å². The minimum atomic E-state index is 0.520. The zero-order valence-corrected chi connectivity index (χ0v) is 5.53. The second kappa shape index (κ2) is 6.99. The summed E-state index contributed by atoms with van der Waals surface area (Å²) in [6.07, 6.45) is 3.72. The molecule has 0 aliphatic rings. The van der Waals surface area contributed by atoms with Crippen molar-refractivity contribution in [3.05, 3.63) is 19.1 Å². The molecule has 47 valence electrons. The Morgan fingerprint density at radius 3 is 2.75 bits per heavy atom. The SMILES string of the molecule is [CH2]COCC=CCCl. The van der Waals surface area contributed by atoms with Crippen LogP contribution in [0.3, 0.4) is 0 Å². The summed E-state index contributed by atoms with van der Waals surface area (Å²) < 4.78 is 4.88. The van der Waals surface area contributed by atoms with E-state index in [4.69, 9.17) is 16.3 Å². The minimum Gasteiger partial charge on any atom is -0.377 e. The molecule has 0 fully saturated rings. The van der Waals surface area contributed by atoms with E-state index < -0.39 is 0 Å². The fourth-order valence-corrected chi connectivity index (χ4v) is 0.408. The van der Waals surface area contributed by atoms with E-state index in [-0.39, 0.29) is 0 Å². The van der Waals surface area contributed by atoms with E-state index in [1.54, 1.807) is 0 Å². The molecule has 0 amide bonds. The van der Waals surface area contributed by atoms with Crippen LogP contribution in [0, 0.1) is 6.92 Å². The molecule has 0 spiro atoms. The summed E-state index contributed by atoms with van der Waals surface area (Å²) in [4.78, 5) is 0. The van der Waals surface area contributed by atoms with Gasteiger partial charge in [-0.25, -0.2) is 0 Å². The molecule has 0 aliphatic carbocycles. The zero-order valence-electron chi connectivity index (χ0n) is 4.77. The van der Waals surface area contributed by atoms with Crippen LogP contribution in [0.2, 0.25) is 0 Å². The molecule has 1 radical (unpaired) electrons. The molecule has 0 saturated heterocycles. The van der Waals surface area contributed by atoms with Gasteiger partial charge < -0.3 is 4.74 Å². The normalized spacial score (nSPS) is 10.8. The van der Waals surface area contributed by atoms with E-state index in [0.29, 0.717) is 19.1 Å². The Morgan fingerprint density at radius 1 is 1.50 bits per heavy atom. The van der Waals surface area contributed by atoms with Gasteiger partial charge in [0, 0.05) is 12.5 Å². The molecular formula is C6H10ClO. The van der Waals surface area contributed by atoms with E-state index in [1.165, 1.54) is 0 Å². The number of rotatable bonds is 4. The van der Waals surface area contributed by atoms with Crippen molar-refractivity contribution in [3.8, 4) is 0 Å². The van der Waals surface area contributed by atoms with Gasteiger partial charge in [0.25, 0.3) is 0 Å². The molecule has 0 aromatic rings. The maximum absolute atomic E-state index is 5.32. The first kappa shape index (κ1) is 7.99. The van der Waals surface area contributed by atoms with Crippen molar-refractivity contribution >= 4 is 11.6 Å². The van der Waals surface area contributed by atoms with E-state index in [9.17, 15) is 0 Å². The quantitative estimate of drug-likeness (QED) is 0.322. The summed E-state index contributed by atoms with van der Waals surface area (Å²) in [5.74, 6) is 0.556. The second-order valence-electron chi connectivity index (χ2n) is 1.20. The second-order valence-corrected chi connectivity index (χ2v) is 1.51. The van der Waals surface area contributed by atoms with Crippen molar-refractivity contribution in [2.45, 2.75) is 0 Å². The van der Waals surface area contributed by atoms with Gasteiger partial charge in [-0.05, 0) is 6.92 Å². The molecule has 0 N–H and O–H groups in total. The van der Waals surface area contributed by atoms with Crippen molar-refractivity contribution in [2.75, 3.05) is 19.1 Å². The van der Waals surface area contributed by atoms with Gasteiger partial charge in [0.15, 0.2) is 0 Å². The fraction of sp³-hybridized carbons (Fsp3) is 0.500. The summed E-state index contributed by atoms with van der Waals surface area (Å²) >= 11 is 5.32. The Morgan fingerprint density at radius 2 is 2.25 bits per heavy atom. The van der Waals surface area contributed by atoms with Crippen molar-refractivity contribution in [1.82, 2.24) is 0 Å². The molecule has 0 bridgehead atoms. The van der Waals surface area contributed by atoms with Crippen LogP contribution < -0.4 is 0 Å². The summed E-state index contributed by atoms with van der Waals surface area (Å²) in [5.41, 5.74) is 0. The van der Waals surface area contributed by atoms with Crippen LogP contribution in [-0.4, -0.2) is 19.1 Å². The Labute approximate surface area is 55.3 Å². The fourth-order valence-electron chi connectivity index (χ4n) is 0.282. The minimum absolute atomic E-state index is 0.520. The van der Waals surface area contributed by atoms with Gasteiger partial charge in [-0.1, -0.05) is 12.2 Å². The number of ether oxygens (including phenoxy) is 1. The van der Waals surface area contributed by atoms with Crippen LogP contribution in [0.4, 0.5) is 0 Å². The van der Waals surface area contributed by atoms with Crippen LogP contribution in [0.25, 0.3) is 0 Å². The maximum Gasteiger partial charge on any atom is 0.0647 e. The van der Waals surface area contributed by atoms with Crippen LogP contribution in [0.1, 0.15) is 0 Å². The number of hydrogen-bond donors (Lipinski definition) is 0. The molecular weight excluding hydrogens is 124 g/mol. The lowest BCUT2D eigenvalue weighted by Gasteiger charge is -1.90. The number of hydrogen-bond acceptors (Lipinski definition) is 1. The van der Waals surface area contributed by atoms with Gasteiger partial charge in [-0.15, -0.1) is 11.6 Å². The highest BCUT2D eigenvalue weighted by molar-refractivity contribution is 6.18. The lowest BCUT2D eigenvalue weighted by molar-refractivity contribution is 0.192. The summed E-state index contributed by atoms with van der Waals surface area (Å²) in [6.45, 7) is 4.64. The lowest BCUT2D eigenvalue weighted by Crippen LogP contribution is -1.87. The Hall–Kier alpha value is -0.0100. The Balaban J connectivity index is 2.80. The van der Waals surface area contributed by atoms with E-state index >= 15 is 0 Å². The Kier molecular flexibility index (Phi) is 6.98. The lowest BCUT2D eigenvalue weighted by atomic mass is 10.5. The number of halogens is 1.